The van der Waals surface area contributed by atoms with Crippen molar-refractivity contribution in [1.82, 2.24) is 14.5 Å². The highest BCUT2D eigenvalue weighted by Gasteiger charge is 2.30. The molecule has 0 aliphatic rings. The molecule has 5 rings (SSSR count). The van der Waals surface area contributed by atoms with Gasteiger partial charge in [0.25, 0.3) is 10.0 Å². The average molecular weight is 558 g/mol. The summed E-state index contributed by atoms with van der Waals surface area (Å²) in [5.74, 6) is -0.0568. The van der Waals surface area contributed by atoms with Crippen LogP contribution in [0, 0.1) is 11.3 Å². The standard InChI is InChI=1S/C28H23N5O4S2/c1-32-24-13-12-22(15-23(24)31-28(32)38-18-20-10-8-19(16-29)9-11-20)33(17-26(34)37-2)39(35,36)25-7-3-5-21-6-4-14-30-27(21)25/h3-15H,17-18H2,1-2H3. The molecule has 0 bridgehead atoms. The molecule has 0 fully saturated rings. The van der Waals surface area contributed by atoms with Crippen LogP contribution in [0.1, 0.15) is 11.1 Å². The number of nitrogens with zero attached hydrogens (tertiary/aromatic N) is 5. The molecule has 2 heterocycles. The summed E-state index contributed by atoms with van der Waals surface area (Å²) in [5, 5.41) is 10.4. The fourth-order valence-electron chi connectivity index (χ4n) is 4.17. The van der Waals surface area contributed by atoms with Gasteiger partial charge in [-0.25, -0.2) is 13.4 Å². The number of imidazole rings is 1. The predicted octanol–water partition coefficient (Wildman–Crippen LogP) is 4.65. The molecule has 9 nitrogen and oxygen atoms in total. The molecular formula is C28H23N5O4S2. The van der Waals surface area contributed by atoms with Crippen LogP contribution in [-0.2, 0) is 32.4 Å². The number of carbonyl (C=O) groups excluding carboxylic acids is 1. The zero-order valence-electron chi connectivity index (χ0n) is 21.1. The Labute approximate surface area is 229 Å². The monoisotopic (exact) mass is 557 g/mol. The summed E-state index contributed by atoms with van der Waals surface area (Å²) in [6, 6.07) is 23.0. The Bertz CT molecular complexity index is 1840. The van der Waals surface area contributed by atoms with Crippen molar-refractivity contribution in [3.8, 4) is 6.07 Å². The normalized spacial score (nSPS) is 11.4. The zero-order chi connectivity index (χ0) is 27.6. The topological polar surface area (TPSA) is 118 Å². The minimum atomic E-state index is -4.20. The third-order valence-corrected chi connectivity index (χ3v) is 9.13. The third kappa shape index (κ3) is 5.16. The molecule has 0 unspecified atom stereocenters. The molecule has 2 aromatic heterocycles. The SMILES string of the molecule is COC(=O)CN(c1ccc2c(c1)nc(SCc1ccc(C#N)cc1)n2C)S(=O)(=O)c1cccc2cccnc12. The molecule has 0 amide bonds. The number of hydrogen-bond donors (Lipinski definition) is 0. The van der Waals surface area contributed by atoms with Gasteiger partial charge in [-0.05, 0) is 48.0 Å². The Balaban J connectivity index is 1.52. The highest BCUT2D eigenvalue weighted by atomic mass is 32.2. The number of esters is 1. The number of rotatable bonds is 8. The highest BCUT2D eigenvalue weighted by Crippen LogP contribution is 2.32. The van der Waals surface area contributed by atoms with E-state index in [2.05, 4.69) is 11.1 Å². The second-order valence-electron chi connectivity index (χ2n) is 8.64. The molecule has 39 heavy (non-hydrogen) atoms. The Kier molecular flexibility index (Phi) is 7.24. The Hall–Kier alpha value is -4.40. The molecule has 3 aromatic carbocycles. The predicted molar refractivity (Wildman–Crippen MR) is 150 cm³/mol. The number of ether oxygens (including phenoxy) is 1. The number of pyridine rings is 1. The highest BCUT2D eigenvalue weighted by molar-refractivity contribution is 7.98. The van der Waals surface area contributed by atoms with Crippen LogP contribution in [0.15, 0.2) is 89.0 Å². The number of thioether (sulfide) groups is 1. The lowest BCUT2D eigenvalue weighted by molar-refractivity contribution is -0.138. The molecule has 11 heteroatoms. The Morgan fingerprint density at radius 3 is 2.62 bits per heavy atom. The fourth-order valence-corrected chi connectivity index (χ4v) is 6.69. The van der Waals surface area contributed by atoms with Crippen LogP contribution in [0.4, 0.5) is 5.69 Å². The molecule has 0 aliphatic heterocycles. The van der Waals surface area contributed by atoms with Crippen LogP contribution in [0.25, 0.3) is 21.9 Å². The van der Waals surface area contributed by atoms with Crippen molar-refractivity contribution in [2.24, 2.45) is 7.05 Å². The minimum absolute atomic E-state index is 0.00992. The summed E-state index contributed by atoms with van der Waals surface area (Å²) in [6.07, 6.45) is 1.53. The number of aryl methyl sites for hydroxylation is 1. The van der Waals surface area contributed by atoms with Crippen molar-refractivity contribution < 1.29 is 17.9 Å². The fraction of sp³-hybridized carbons (Fsp3) is 0.143. The van der Waals surface area contributed by atoms with E-state index in [0.717, 1.165) is 20.5 Å². The maximum absolute atomic E-state index is 13.9. The first-order valence-electron chi connectivity index (χ1n) is 11.8. The van der Waals surface area contributed by atoms with Gasteiger partial charge in [-0.1, -0.05) is 42.1 Å². The number of methoxy groups -OCH3 is 1. The van der Waals surface area contributed by atoms with E-state index >= 15 is 0 Å². The van der Waals surface area contributed by atoms with Gasteiger partial charge in [0.15, 0.2) is 5.16 Å². The molecule has 0 saturated heterocycles. The number of anilines is 1. The van der Waals surface area contributed by atoms with Crippen molar-refractivity contribution in [2.75, 3.05) is 18.0 Å². The average Bonchev–Trinajstić information content (AvgIpc) is 3.28. The summed E-state index contributed by atoms with van der Waals surface area (Å²) in [7, 11) is -1.10. The molecule has 0 radical (unpaired) electrons. The lowest BCUT2D eigenvalue weighted by Crippen LogP contribution is -2.36. The van der Waals surface area contributed by atoms with Crippen LogP contribution in [-0.4, -0.2) is 42.6 Å². The van der Waals surface area contributed by atoms with Gasteiger partial charge in [-0.3, -0.25) is 14.1 Å². The number of carbonyl (C=O) groups is 1. The zero-order valence-corrected chi connectivity index (χ0v) is 22.7. The molecule has 0 atom stereocenters. The number of aromatic nitrogens is 3. The van der Waals surface area contributed by atoms with Crippen LogP contribution in [0.3, 0.4) is 0 Å². The van der Waals surface area contributed by atoms with Crippen molar-refractivity contribution in [2.45, 2.75) is 15.8 Å². The van der Waals surface area contributed by atoms with Crippen molar-refractivity contribution in [3.63, 3.8) is 0 Å². The largest absolute Gasteiger partial charge is 0.468 e. The number of para-hydroxylation sites is 1. The summed E-state index contributed by atoms with van der Waals surface area (Å²) in [6.45, 7) is -0.513. The second kappa shape index (κ2) is 10.8. The molecular weight excluding hydrogens is 534 g/mol. The minimum Gasteiger partial charge on any atom is -0.468 e. The van der Waals surface area contributed by atoms with Gasteiger partial charge in [0.2, 0.25) is 0 Å². The number of nitriles is 1. The van der Waals surface area contributed by atoms with Crippen LogP contribution < -0.4 is 4.31 Å². The summed E-state index contributed by atoms with van der Waals surface area (Å²) in [4.78, 5) is 21.3. The van der Waals surface area contributed by atoms with Gasteiger partial charge in [0.1, 0.15) is 11.4 Å². The first-order valence-corrected chi connectivity index (χ1v) is 14.3. The lowest BCUT2D eigenvalue weighted by Gasteiger charge is -2.24. The molecule has 0 N–H and O–H groups in total. The van der Waals surface area contributed by atoms with Gasteiger partial charge in [0, 0.05) is 24.4 Å². The van der Waals surface area contributed by atoms with Crippen molar-refractivity contribution >= 4 is 55.4 Å². The molecule has 0 spiro atoms. The summed E-state index contributed by atoms with van der Waals surface area (Å²) >= 11 is 1.53. The van der Waals surface area contributed by atoms with E-state index in [-0.39, 0.29) is 10.6 Å². The number of fused-ring (bicyclic) bond motifs is 2. The van der Waals surface area contributed by atoms with E-state index in [4.69, 9.17) is 15.0 Å². The van der Waals surface area contributed by atoms with E-state index in [1.54, 1.807) is 54.6 Å². The molecule has 0 aliphatic carbocycles. The molecule has 196 valence electrons. The number of hydrogen-bond acceptors (Lipinski definition) is 8. The van der Waals surface area contributed by atoms with Crippen LogP contribution >= 0.6 is 11.8 Å². The van der Waals surface area contributed by atoms with E-state index in [0.29, 0.717) is 27.7 Å². The maximum Gasteiger partial charge on any atom is 0.326 e. The maximum atomic E-state index is 13.9. The Morgan fingerprint density at radius 1 is 1.10 bits per heavy atom. The summed E-state index contributed by atoms with van der Waals surface area (Å²) in [5.41, 5.74) is 3.63. The smallest absolute Gasteiger partial charge is 0.326 e. The Morgan fingerprint density at radius 2 is 1.87 bits per heavy atom. The first-order chi connectivity index (χ1) is 18.8. The quantitative estimate of drug-likeness (QED) is 0.200. The van der Waals surface area contributed by atoms with E-state index in [1.807, 2.05) is 23.7 Å². The van der Waals surface area contributed by atoms with Crippen LogP contribution in [0.5, 0.6) is 0 Å². The van der Waals surface area contributed by atoms with E-state index in [9.17, 15) is 13.2 Å². The van der Waals surface area contributed by atoms with E-state index < -0.39 is 22.5 Å². The molecule has 0 saturated carbocycles. The van der Waals surface area contributed by atoms with Crippen molar-refractivity contribution in [3.05, 3.63) is 90.1 Å². The lowest BCUT2D eigenvalue weighted by atomic mass is 10.2. The van der Waals surface area contributed by atoms with E-state index in [1.165, 1.54) is 31.1 Å². The van der Waals surface area contributed by atoms with Gasteiger partial charge >= 0.3 is 5.97 Å². The van der Waals surface area contributed by atoms with Crippen molar-refractivity contribution in [1.29, 1.82) is 5.26 Å². The first kappa shape index (κ1) is 26.2. The second-order valence-corrected chi connectivity index (χ2v) is 11.4. The number of benzene rings is 3. The van der Waals surface area contributed by atoms with Crippen LogP contribution in [0.2, 0.25) is 0 Å². The van der Waals surface area contributed by atoms with Gasteiger partial charge in [-0.15, -0.1) is 0 Å². The molecule has 5 aromatic rings. The van der Waals surface area contributed by atoms with Gasteiger partial charge in [0.05, 0.1) is 41.0 Å². The van der Waals surface area contributed by atoms with Gasteiger partial charge in [-0.2, -0.15) is 5.26 Å². The van der Waals surface area contributed by atoms with Gasteiger partial charge < -0.3 is 9.30 Å². The number of sulfonamides is 1. The summed E-state index contributed by atoms with van der Waals surface area (Å²) < 4.78 is 35.7. The third-order valence-electron chi connectivity index (χ3n) is 6.23.